The second kappa shape index (κ2) is 7.36. The first-order chi connectivity index (χ1) is 11.4. The summed E-state index contributed by atoms with van der Waals surface area (Å²) in [6.45, 7) is 3.57. The molecule has 0 aliphatic carbocycles. The second-order valence-corrected chi connectivity index (χ2v) is 4.95. The first-order valence-corrected chi connectivity index (χ1v) is 7.16. The minimum Gasteiger partial charge on any atom is -0.462 e. The maximum Gasteiger partial charge on any atom is 0.343 e. The molecule has 0 heterocycles. The van der Waals surface area contributed by atoms with Crippen LogP contribution in [0.5, 0.6) is 5.75 Å². The minimum atomic E-state index is -0.796. The molecular weight excluding hydrogens is 314 g/mol. The number of benzene rings is 2. The van der Waals surface area contributed by atoms with Crippen LogP contribution in [0.1, 0.15) is 33.2 Å². The van der Waals surface area contributed by atoms with E-state index in [0.717, 1.165) is 17.7 Å². The molecule has 0 unspecified atom stereocenters. The Morgan fingerprint density at radius 2 is 1.75 bits per heavy atom. The van der Waals surface area contributed by atoms with E-state index in [9.17, 15) is 19.7 Å². The van der Waals surface area contributed by atoms with Crippen molar-refractivity contribution in [3.05, 3.63) is 69.3 Å². The normalized spacial score (nSPS) is 10.1. The SMILES string of the molecule is CCOC(=O)c1cc(C(=O)Oc2cccc(C)c2)cc([N+](=O)[O-])c1. The number of nitro benzene ring substituents is 1. The van der Waals surface area contributed by atoms with Crippen molar-refractivity contribution in [1.82, 2.24) is 0 Å². The Kier molecular flexibility index (Phi) is 5.26. The minimum absolute atomic E-state index is 0.0813. The van der Waals surface area contributed by atoms with E-state index in [1.807, 2.05) is 13.0 Å². The van der Waals surface area contributed by atoms with Crippen LogP contribution in [0.2, 0.25) is 0 Å². The average Bonchev–Trinajstić information content (AvgIpc) is 2.54. The van der Waals surface area contributed by atoms with Gasteiger partial charge in [-0.1, -0.05) is 12.1 Å². The molecule has 24 heavy (non-hydrogen) atoms. The lowest BCUT2D eigenvalue weighted by Gasteiger charge is -2.07. The maximum absolute atomic E-state index is 12.2. The number of nitro groups is 1. The Morgan fingerprint density at radius 3 is 2.33 bits per heavy atom. The van der Waals surface area contributed by atoms with Crippen LogP contribution in [0, 0.1) is 17.0 Å². The van der Waals surface area contributed by atoms with Gasteiger partial charge in [0.25, 0.3) is 5.69 Å². The van der Waals surface area contributed by atoms with E-state index in [1.165, 1.54) is 6.07 Å². The number of carbonyl (C=O) groups excluding carboxylic acids is 2. The zero-order chi connectivity index (χ0) is 17.7. The highest BCUT2D eigenvalue weighted by Gasteiger charge is 2.20. The lowest BCUT2D eigenvalue weighted by molar-refractivity contribution is -0.384. The Morgan fingerprint density at radius 1 is 1.08 bits per heavy atom. The number of carbonyl (C=O) groups is 2. The number of nitrogens with zero attached hydrogens (tertiary/aromatic N) is 1. The summed E-state index contributed by atoms with van der Waals surface area (Å²) in [6, 6.07) is 10.1. The van der Waals surface area contributed by atoms with Crippen LogP contribution >= 0.6 is 0 Å². The molecule has 0 atom stereocenters. The summed E-state index contributed by atoms with van der Waals surface area (Å²) in [5.41, 5.74) is 0.319. The van der Waals surface area contributed by atoms with Gasteiger partial charge in [0, 0.05) is 12.1 Å². The van der Waals surface area contributed by atoms with Gasteiger partial charge in [-0.25, -0.2) is 9.59 Å². The number of hydrogen-bond donors (Lipinski definition) is 0. The van der Waals surface area contributed by atoms with Gasteiger partial charge in [0.1, 0.15) is 5.75 Å². The van der Waals surface area contributed by atoms with Crippen molar-refractivity contribution < 1.29 is 24.0 Å². The summed E-state index contributed by atoms with van der Waals surface area (Å²) < 4.78 is 10.0. The lowest BCUT2D eigenvalue weighted by atomic mass is 10.1. The molecule has 0 saturated heterocycles. The molecule has 0 amide bonds. The van der Waals surface area contributed by atoms with Gasteiger partial charge in [-0.3, -0.25) is 10.1 Å². The molecule has 124 valence electrons. The number of aryl methyl sites for hydroxylation is 1. The molecule has 0 fully saturated rings. The van der Waals surface area contributed by atoms with Crippen molar-refractivity contribution in [1.29, 1.82) is 0 Å². The third-order valence-corrected chi connectivity index (χ3v) is 3.08. The highest BCUT2D eigenvalue weighted by atomic mass is 16.6. The molecule has 0 aliphatic rings. The number of rotatable bonds is 5. The van der Waals surface area contributed by atoms with Gasteiger partial charge in [0.15, 0.2) is 0 Å². The quantitative estimate of drug-likeness (QED) is 0.361. The summed E-state index contributed by atoms with van der Waals surface area (Å²) >= 11 is 0. The lowest BCUT2D eigenvalue weighted by Crippen LogP contribution is -2.12. The number of esters is 2. The fourth-order valence-corrected chi connectivity index (χ4v) is 2.01. The summed E-state index contributed by atoms with van der Waals surface area (Å²) in [4.78, 5) is 34.4. The molecule has 0 bridgehead atoms. The van der Waals surface area contributed by atoms with E-state index >= 15 is 0 Å². The van der Waals surface area contributed by atoms with Gasteiger partial charge >= 0.3 is 11.9 Å². The Bertz CT molecular complexity index is 799. The Hall–Kier alpha value is -3.22. The van der Waals surface area contributed by atoms with Crippen molar-refractivity contribution in [2.24, 2.45) is 0 Å². The van der Waals surface area contributed by atoms with Crippen LogP contribution in [-0.2, 0) is 4.74 Å². The monoisotopic (exact) mass is 329 g/mol. The van der Waals surface area contributed by atoms with Gasteiger partial charge in [-0.2, -0.15) is 0 Å². The van der Waals surface area contributed by atoms with E-state index in [2.05, 4.69) is 0 Å². The predicted molar refractivity (Wildman–Crippen MR) is 85.2 cm³/mol. The molecule has 7 heteroatoms. The maximum atomic E-state index is 12.2. The van der Waals surface area contributed by atoms with Gasteiger partial charge < -0.3 is 9.47 Å². The van der Waals surface area contributed by atoms with Crippen LogP contribution in [0.15, 0.2) is 42.5 Å². The molecule has 0 aliphatic heterocycles. The fourth-order valence-electron chi connectivity index (χ4n) is 2.01. The number of non-ortho nitro benzene ring substituents is 1. The van der Waals surface area contributed by atoms with Crippen molar-refractivity contribution in [2.45, 2.75) is 13.8 Å². The largest absolute Gasteiger partial charge is 0.462 e. The van der Waals surface area contributed by atoms with Gasteiger partial charge in [-0.15, -0.1) is 0 Å². The zero-order valence-electron chi connectivity index (χ0n) is 13.1. The summed E-state index contributed by atoms with van der Waals surface area (Å²) in [5, 5.41) is 11.0. The number of ether oxygens (including phenoxy) is 2. The second-order valence-electron chi connectivity index (χ2n) is 4.95. The van der Waals surface area contributed by atoms with Crippen LogP contribution in [-0.4, -0.2) is 23.5 Å². The molecule has 0 saturated carbocycles. The summed E-state index contributed by atoms with van der Waals surface area (Å²) in [5.74, 6) is -1.23. The first kappa shape index (κ1) is 17.1. The molecule has 2 aromatic rings. The van der Waals surface area contributed by atoms with Gasteiger partial charge in [0.05, 0.1) is 22.7 Å². The molecule has 0 radical (unpaired) electrons. The van der Waals surface area contributed by atoms with Crippen molar-refractivity contribution in [3.63, 3.8) is 0 Å². The Balaban J connectivity index is 2.35. The van der Waals surface area contributed by atoms with Crippen molar-refractivity contribution >= 4 is 17.6 Å². The van der Waals surface area contributed by atoms with E-state index in [1.54, 1.807) is 25.1 Å². The van der Waals surface area contributed by atoms with Gasteiger partial charge in [0.2, 0.25) is 0 Å². The van der Waals surface area contributed by atoms with E-state index in [4.69, 9.17) is 9.47 Å². The highest BCUT2D eigenvalue weighted by Crippen LogP contribution is 2.20. The first-order valence-electron chi connectivity index (χ1n) is 7.16. The molecule has 0 aromatic heterocycles. The molecule has 0 N–H and O–H groups in total. The molecular formula is C17H15NO6. The van der Waals surface area contributed by atoms with E-state index in [0.29, 0.717) is 5.75 Å². The third kappa shape index (κ3) is 4.16. The van der Waals surface area contributed by atoms with Crippen LogP contribution in [0.4, 0.5) is 5.69 Å². The highest BCUT2D eigenvalue weighted by molar-refractivity contribution is 5.97. The molecule has 2 aromatic carbocycles. The number of hydrogen-bond acceptors (Lipinski definition) is 6. The summed E-state index contributed by atoms with van der Waals surface area (Å²) in [6.07, 6.45) is 0. The van der Waals surface area contributed by atoms with E-state index < -0.39 is 22.5 Å². The van der Waals surface area contributed by atoms with Crippen LogP contribution in [0.25, 0.3) is 0 Å². The van der Waals surface area contributed by atoms with E-state index in [-0.39, 0.29) is 17.7 Å². The molecule has 0 spiro atoms. The van der Waals surface area contributed by atoms with Crippen molar-refractivity contribution in [2.75, 3.05) is 6.61 Å². The standard InChI is InChI=1S/C17H15NO6/c1-3-23-16(19)12-8-13(10-14(9-12)18(21)22)17(20)24-15-6-4-5-11(2)7-15/h4-10H,3H2,1-2H3. The fraction of sp³-hybridized carbons (Fsp3) is 0.176. The topological polar surface area (TPSA) is 95.7 Å². The Labute approximate surface area is 138 Å². The zero-order valence-corrected chi connectivity index (χ0v) is 13.1. The van der Waals surface area contributed by atoms with Crippen LogP contribution in [0.3, 0.4) is 0 Å². The molecule has 7 nitrogen and oxygen atoms in total. The smallest absolute Gasteiger partial charge is 0.343 e. The van der Waals surface area contributed by atoms with Crippen LogP contribution < -0.4 is 4.74 Å². The van der Waals surface area contributed by atoms with Crippen molar-refractivity contribution in [3.8, 4) is 5.75 Å². The summed E-state index contributed by atoms with van der Waals surface area (Å²) in [7, 11) is 0. The van der Waals surface area contributed by atoms with Gasteiger partial charge in [-0.05, 0) is 37.6 Å². The average molecular weight is 329 g/mol. The third-order valence-electron chi connectivity index (χ3n) is 3.08. The molecule has 2 rings (SSSR count). The predicted octanol–water partition coefficient (Wildman–Crippen LogP) is 3.30.